The Bertz CT molecular complexity index is 677. The van der Waals surface area contributed by atoms with Gasteiger partial charge in [-0.25, -0.2) is 0 Å². The zero-order valence-electron chi connectivity index (χ0n) is 13.3. The molecule has 23 heavy (non-hydrogen) atoms. The van der Waals surface area contributed by atoms with Crippen molar-refractivity contribution in [2.45, 2.75) is 26.4 Å². The summed E-state index contributed by atoms with van der Waals surface area (Å²) >= 11 is 0. The van der Waals surface area contributed by atoms with Gasteiger partial charge in [0.1, 0.15) is 0 Å². The van der Waals surface area contributed by atoms with Gasteiger partial charge >= 0.3 is 0 Å². The van der Waals surface area contributed by atoms with Crippen LogP contribution >= 0.6 is 0 Å². The van der Waals surface area contributed by atoms with Gasteiger partial charge in [-0.3, -0.25) is 9.59 Å². The number of amides is 1. The number of rotatable bonds is 8. The van der Waals surface area contributed by atoms with Crippen LogP contribution in [-0.4, -0.2) is 23.7 Å². The van der Waals surface area contributed by atoms with E-state index >= 15 is 0 Å². The molecule has 2 rings (SSSR count). The highest BCUT2D eigenvalue weighted by molar-refractivity contribution is 5.75. The molecule has 0 bridgehead atoms. The number of hydrogen-bond donors (Lipinski definition) is 1. The van der Waals surface area contributed by atoms with Crippen LogP contribution in [-0.2, 0) is 22.6 Å². The fraction of sp³-hybridized carbons (Fsp3) is 0.333. The van der Waals surface area contributed by atoms with Gasteiger partial charge in [-0.1, -0.05) is 30.3 Å². The summed E-state index contributed by atoms with van der Waals surface area (Å²) in [6.45, 7) is 4.02. The molecule has 0 aliphatic heterocycles. The Hall–Kier alpha value is -2.40. The van der Waals surface area contributed by atoms with Gasteiger partial charge in [0, 0.05) is 31.8 Å². The lowest BCUT2D eigenvalue weighted by Gasteiger charge is -2.08. The summed E-state index contributed by atoms with van der Waals surface area (Å²) in [5.74, 6) is -0.0154. The molecule has 0 radical (unpaired) electrons. The van der Waals surface area contributed by atoms with Gasteiger partial charge in [-0.2, -0.15) is 0 Å². The van der Waals surface area contributed by atoms with Crippen LogP contribution in [0.15, 0.2) is 53.5 Å². The number of benzene rings is 1. The Morgan fingerprint density at radius 3 is 2.57 bits per heavy atom. The monoisotopic (exact) mass is 314 g/mol. The molecule has 0 aliphatic rings. The second kappa shape index (κ2) is 8.90. The van der Waals surface area contributed by atoms with Gasteiger partial charge < -0.3 is 14.6 Å². The fourth-order valence-electron chi connectivity index (χ4n) is 2.15. The van der Waals surface area contributed by atoms with Gasteiger partial charge in [-0.05, 0) is 24.1 Å². The number of pyridine rings is 1. The molecule has 0 spiro atoms. The molecule has 1 amide bonds. The zero-order chi connectivity index (χ0) is 16.5. The highest BCUT2D eigenvalue weighted by Crippen LogP contribution is 2.05. The normalized spacial score (nSPS) is 10.5. The first-order chi connectivity index (χ1) is 11.2. The Morgan fingerprint density at radius 1 is 1.13 bits per heavy atom. The smallest absolute Gasteiger partial charge is 0.250 e. The van der Waals surface area contributed by atoms with E-state index in [1.54, 1.807) is 22.9 Å². The van der Waals surface area contributed by atoms with Crippen LogP contribution in [0.5, 0.6) is 0 Å². The average molecular weight is 314 g/mol. The lowest BCUT2D eigenvalue weighted by molar-refractivity contribution is -0.122. The minimum Gasteiger partial charge on any atom is -0.381 e. The summed E-state index contributed by atoms with van der Waals surface area (Å²) in [5.41, 5.74) is 2.06. The predicted molar refractivity (Wildman–Crippen MR) is 89.2 cm³/mol. The van der Waals surface area contributed by atoms with E-state index in [4.69, 9.17) is 4.74 Å². The average Bonchev–Trinajstić information content (AvgIpc) is 2.56. The lowest BCUT2D eigenvalue weighted by Crippen LogP contribution is -2.24. The molecular formula is C18H22N2O3. The first kappa shape index (κ1) is 17.0. The third-order valence-corrected chi connectivity index (χ3v) is 3.44. The third kappa shape index (κ3) is 5.71. The molecule has 0 fully saturated rings. The van der Waals surface area contributed by atoms with E-state index in [9.17, 15) is 9.59 Å². The van der Waals surface area contributed by atoms with Crippen LogP contribution in [0.1, 0.15) is 24.5 Å². The summed E-state index contributed by atoms with van der Waals surface area (Å²) < 4.78 is 6.81. The Balaban J connectivity index is 1.84. The van der Waals surface area contributed by atoms with Crippen molar-refractivity contribution in [1.29, 1.82) is 0 Å². The van der Waals surface area contributed by atoms with E-state index < -0.39 is 0 Å². The molecule has 2 aromatic rings. The van der Waals surface area contributed by atoms with Crippen molar-refractivity contribution in [3.8, 4) is 0 Å². The molecule has 0 aliphatic carbocycles. The van der Waals surface area contributed by atoms with Crippen LogP contribution in [0, 0.1) is 0 Å². The summed E-state index contributed by atoms with van der Waals surface area (Å²) in [6, 6.07) is 13.0. The maximum atomic E-state index is 11.7. The molecule has 5 heteroatoms. The number of hydrogen-bond acceptors (Lipinski definition) is 3. The number of carbonyl (C=O) groups is 1. The molecule has 0 saturated heterocycles. The van der Waals surface area contributed by atoms with Gasteiger partial charge in [0.2, 0.25) is 5.91 Å². The summed E-state index contributed by atoms with van der Waals surface area (Å²) in [6.07, 6.45) is 2.15. The second-order valence-electron chi connectivity index (χ2n) is 5.21. The highest BCUT2D eigenvalue weighted by atomic mass is 16.5. The molecular weight excluding hydrogens is 292 g/mol. The Morgan fingerprint density at radius 2 is 1.87 bits per heavy atom. The summed E-state index contributed by atoms with van der Waals surface area (Å²) in [4.78, 5) is 23.3. The second-order valence-corrected chi connectivity index (χ2v) is 5.21. The molecule has 5 nitrogen and oxygen atoms in total. The fourth-order valence-corrected chi connectivity index (χ4v) is 2.15. The van der Waals surface area contributed by atoms with E-state index in [1.165, 1.54) is 0 Å². The molecule has 1 aromatic heterocycles. The zero-order valence-corrected chi connectivity index (χ0v) is 13.3. The van der Waals surface area contributed by atoms with Crippen molar-refractivity contribution in [1.82, 2.24) is 9.88 Å². The number of aromatic nitrogens is 1. The van der Waals surface area contributed by atoms with E-state index in [2.05, 4.69) is 5.32 Å². The first-order valence-electron chi connectivity index (χ1n) is 7.76. The molecule has 122 valence electrons. The lowest BCUT2D eigenvalue weighted by atomic mass is 10.1. The molecule has 0 atom stereocenters. The number of ether oxygens (including phenoxy) is 1. The first-order valence-corrected chi connectivity index (χ1v) is 7.76. The van der Waals surface area contributed by atoms with Crippen molar-refractivity contribution in [3.63, 3.8) is 0 Å². The molecule has 1 N–H and O–H groups in total. The topological polar surface area (TPSA) is 60.3 Å². The summed E-state index contributed by atoms with van der Waals surface area (Å²) in [5, 5.41) is 2.86. The van der Waals surface area contributed by atoms with E-state index in [-0.39, 0.29) is 11.5 Å². The standard InChI is InChI=1S/C18H22N2O3/c1-2-23-12-10-17(21)19-13-15-6-8-16(9-7-15)14-20-11-4-3-5-18(20)22/h3-9,11H,2,10,12-14H2,1H3,(H,19,21). The number of nitrogens with one attached hydrogen (secondary N) is 1. The largest absolute Gasteiger partial charge is 0.381 e. The minimum absolute atomic E-state index is 0.0154. The third-order valence-electron chi connectivity index (χ3n) is 3.44. The van der Waals surface area contributed by atoms with Crippen molar-refractivity contribution >= 4 is 5.91 Å². The molecule has 0 unspecified atom stereocenters. The molecule has 1 heterocycles. The molecule has 0 saturated carbocycles. The molecule has 1 aromatic carbocycles. The van der Waals surface area contributed by atoms with Gasteiger partial charge in [-0.15, -0.1) is 0 Å². The van der Waals surface area contributed by atoms with Gasteiger partial charge in [0.05, 0.1) is 13.2 Å². The Kier molecular flexibility index (Phi) is 6.56. The van der Waals surface area contributed by atoms with Crippen LogP contribution in [0.25, 0.3) is 0 Å². The van der Waals surface area contributed by atoms with E-state index in [0.29, 0.717) is 32.7 Å². The quantitative estimate of drug-likeness (QED) is 0.758. The summed E-state index contributed by atoms with van der Waals surface area (Å²) in [7, 11) is 0. The number of carbonyl (C=O) groups excluding carboxylic acids is 1. The van der Waals surface area contributed by atoms with E-state index in [1.807, 2.05) is 37.3 Å². The SMILES string of the molecule is CCOCCC(=O)NCc1ccc(Cn2ccccc2=O)cc1. The highest BCUT2D eigenvalue weighted by Gasteiger charge is 2.02. The Labute approximate surface area is 135 Å². The van der Waals surface area contributed by atoms with Crippen molar-refractivity contribution in [3.05, 3.63) is 70.1 Å². The minimum atomic E-state index is -0.0156. The van der Waals surface area contributed by atoms with E-state index in [0.717, 1.165) is 11.1 Å². The van der Waals surface area contributed by atoms with Crippen molar-refractivity contribution in [2.24, 2.45) is 0 Å². The van der Waals surface area contributed by atoms with Crippen LogP contribution in [0.3, 0.4) is 0 Å². The van der Waals surface area contributed by atoms with Crippen LogP contribution < -0.4 is 10.9 Å². The van der Waals surface area contributed by atoms with Crippen molar-refractivity contribution in [2.75, 3.05) is 13.2 Å². The van der Waals surface area contributed by atoms with Crippen molar-refractivity contribution < 1.29 is 9.53 Å². The maximum Gasteiger partial charge on any atom is 0.250 e. The predicted octanol–water partition coefficient (Wildman–Crippen LogP) is 1.94. The van der Waals surface area contributed by atoms with Gasteiger partial charge in [0.25, 0.3) is 5.56 Å². The van der Waals surface area contributed by atoms with Crippen LogP contribution in [0.4, 0.5) is 0 Å². The van der Waals surface area contributed by atoms with Crippen LogP contribution in [0.2, 0.25) is 0 Å². The van der Waals surface area contributed by atoms with Gasteiger partial charge in [0.15, 0.2) is 0 Å². The maximum absolute atomic E-state index is 11.7. The number of nitrogens with zero attached hydrogens (tertiary/aromatic N) is 1.